The van der Waals surface area contributed by atoms with Gasteiger partial charge in [-0.15, -0.1) is 0 Å². The zero-order valence-corrected chi connectivity index (χ0v) is 14.8. The Labute approximate surface area is 153 Å². The van der Waals surface area contributed by atoms with Crippen LogP contribution in [0.2, 0.25) is 0 Å². The summed E-state index contributed by atoms with van der Waals surface area (Å²) in [6.07, 6.45) is 1.18. The average Bonchev–Trinajstić information content (AvgIpc) is 3.26. The molecule has 2 fully saturated rings. The third kappa shape index (κ3) is 3.48. The molecule has 0 aromatic heterocycles. The van der Waals surface area contributed by atoms with Gasteiger partial charge in [0, 0.05) is 30.3 Å². The van der Waals surface area contributed by atoms with Crippen LogP contribution in [0.3, 0.4) is 0 Å². The maximum atomic E-state index is 12.4. The highest BCUT2D eigenvalue weighted by Gasteiger charge is 2.38. The Balaban J connectivity index is 1.37. The first kappa shape index (κ1) is 16.8. The molecule has 2 aromatic carbocycles. The van der Waals surface area contributed by atoms with Crippen LogP contribution < -0.4 is 10.1 Å². The van der Waals surface area contributed by atoms with Crippen molar-refractivity contribution in [1.29, 1.82) is 0 Å². The van der Waals surface area contributed by atoms with Gasteiger partial charge in [-0.2, -0.15) is 0 Å². The van der Waals surface area contributed by atoms with E-state index in [1.54, 1.807) is 48.5 Å². The molecule has 0 radical (unpaired) electrons. The molecule has 5 nitrogen and oxygen atoms in total. The van der Waals surface area contributed by atoms with Crippen molar-refractivity contribution in [3.8, 4) is 11.5 Å². The molecular formula is C21H22N2O3. The first-order chi connectivity index (χ1) is 12.6. The van der Waals surface area contributed by atoms with Gasteiger partial charge in [0.05, 0.1) is 0 Å². The van der Waals surface area contributed by atoms with Crippen LogP contribution in [0.15, 0.2) is 48.5 Å². The number of hydrogen-bond donors (Lipinski definition) is 1. The third-order valence-corrected chi connectivity index (χ3v) is 5.26. The van der Waals surface area contributed by atoms with Crippen molar-refractivity contribution in [2.75, 3.05) is 19.6 Å². The number of nitrogens with one attached hydrogen (secondary N) is 1. The second-order valence-electron chi connectivity index (χ2n) is 7.10. The van der Waals surface area contributed by atoms with Gasteiger partial charge in [0.25, 0.3) is 5.91 Å². The number of benzene rings is 2. The lowest BCUT2D eigenvalue weighted by molar-refractivity contribution is 0.0923. The third-order valence-electron chi connectivity index (χ3n) is 5.26. The van der Waals surface area contributed by atoms with E-state index in [-0.39, 0.29) is 17.7 Å². The Bertz CT molecular complexity index is 814. The summed E-state index contributed by atoms with van der Waals surface area (Å²) in [6, 6.07) is 14.4. The molecule has 2 heterocycles. The summed E-state index contributed by atoms with van der Waals surface area (Å²) in [7, 11) is 0. The number of ether oxygens (including phenoxy) is 1. The lowest BCUT2D eigenvalue weighted by atomic mass is 9.99. The van der Waals surface area contributed by atoms with E-state index in [2.05, 4.69) is 10.2 Å². The van der Waals surface area contributed by atoms with E-state index in [4.69, 9.17) is 4.74 Å². The van der Waals surface area contributed by atoms with Crippen LogP contribution in [-0.2, 0) is 0 Å². The molecule has 0 aliphatic carbocycles. The molecule has 3 atom stereocenters. The predicted molar refractivity (Wildman–Crippen MR) is 98.8 cm³/mol. The molecule has 2 aromatic rings. The Morgan fingerprint density at radius 3 is 2.08 bits per heavy atom. The van der Waals surface area contributed by atoms with Gasteiger partial charge >= 0.3 is 0 Å². The number of rotatable bonds is 5. The van der Waals surface area contributed by atoms with Crippen molar-refractivity contribution in [3.05, 3.63) is 59.7 Å². The molecule has 3 unspecified atom stereocenters. The van der Waals surface area contributed by atoms with Crippen molar-refractivity contribution in [2.45, 2.75) is 19.4 Å². The Hall–Kier alpha value is -2.66. The molecule has 2 aliphatic heterocycles. The van der Waals surface area contributed by atoms with Crippen LogP contribution in [0.5, 0.6) is 11.5 Å². The fourth-order valence-corrected chi connectivity index (χ4v) is 3.77. The van der Waals surface area contributed by atoms with E-state index in [1.807, 2.05) is 0 Å². The highest BCUT2D eigenvalue weighted by Crippen LogP contribution is 2.28. The number of carbonyl (C=O) groups excluding carboxylic acids is 2. The lowest BCUT2D eigenvalue weighted by Crippen LogP contribution is -2.43. The largest absolute Gasteiger partial charge is 0.457 e. The van der Waals surface area contributed by atoms with Gasteiger partial charge in [0.15, 0.2) is 5.78 Å². The van der Waals surface area contributed by atoms with E-state index in [0.717, 1.165) is 19.6 Å². The van der Waals surface area contributed by atoms with Gasteiger partial charge < -0.3 is 15.0 Å². The summed E-state index contributed by atoms with van der Waals surface area (Å²) in [5.41, 5.74) is 1.29. The van der Waals surface area contributed by atoms with Crippen molar-refractivity contribution < 1.29 is 14.3 Å². The highest BCUT2D eigenvalue weighted by atomic mass is 16.5. The molecule has 2 aliphatic rings. The lowest BCUT2D eigenvalue weighted by Gasteiger charge is -2.23. The van der Waals surface area contributed by atoms with E-state index in [1.165, 1.54) is 13.3 Å². The normalized spacial score (nSPS) is 23.7. The fourth-order valence-electron chi connectivity index (χ4n) is 3.77. The topological polar surface area (TPSA) is 58.6 Å². The molecule has 0 saturated carbocycles. The summed E-state index contributed by atoms with van der Waals surface area (Å²) in [5, 5.41) is 3.16. The monoisotopic (exact) mass is 350 g/mol. The summed E-state index contributed by atoms with van der Waals surface area (Å²) >= 11 is 0. The molecule has 1 N–H and O–H groups in total. The first-order valence-electron chi connectivity index (χ1n) is 9.00. The van der Waals surface area contributed by atoms with Crippen molar-refractivity contribution in [2.24, 2.45) is 5.92 Å². The van der Waals surface area contributed by atoms with Gasteiger partial charge in [-0.05, 0) is 74.3 Å². The first-order valence-corrected chi connectivity index (χ1v) is 9.00. The van der Waals surface area contributed by atoms with Crippen LogP contribution in [-0.4, -0.2) is 42.3 Å². The quantitative estimate of drug-likeness (QED) is 0.842. The number of carbonyl (C=O) groups is 2. The van der Waals surface area contributed by atoms with Gasteiger partial charge in [-0.3, -0.25) is 9.59 Å². The van der Waals surface area contributed by atoms with E-state index < -0.39 is 0 Å². The SMILES string of the molecule is CC(=O)c1ccc(Oc2ccc(C(=O)NC3CN4CCC3C4)cc2)cc1. The van der Waals surface area contributed by atoms with E-state index in [9.17, 15) is 9.59 Å². The minimum absolute atomic E-state index is 0.0267. The molecule has 1 amide bonds. The maximum Gasteiger partial charge on any atom is 0.251 e. The number of Topliss-reactive ketones (excluding diaryl/α,β-unsaturated/α-hetero) is 1. The molecule has 2 bridgehead atoms. The molecule has 4 rings (SSSR count). The molecule has 2 saturated heterocycles. The number of piperidine rings is 1. The zero-order chi connectivity index (χ0) is 18.1. The average molecular weight is 350 g/mol. The van der Waals surface area contributed by atoms with Crippen molar-refractivity contribution >= 4 is 11.7 Å². The molecule has 0 spiro atoms. The molecule has 5 heteroatoms. The highest BCUT2D eigenvalue weighted by molar-refractivity contribution is 5.95. The maximum absolute atomic E-state index is 12.4. The second-order valence-corrected chi connectivity index (χ2v) is 7.10. The number of hydrogen-bond acceptors (Lipinski definition) is 4. The number of nitrogens with zero attached hydrogens (tertiary/aromatic N) is 1. The van der Waals surface area contributed by atoms with Gasteiger partial charge in [-0.25, -0.2) is 0 Å². The minimum Gasteiger partial charge on any atom is -0.457 e. The minimum atomic E-state index is -0.0267. The summed E-state index contributed by atoms with van der Waals surface area (Å²) in [5.74, 6) is 1.91. The number of amides is 1. The number of fused-ring (bicyclic) bond motifs is 2. The van der Waals surface area contributed by atoms with Crippen molar-refractivity contribution in [1.82, 2.24) is 10.2 Å². The van der Waals surface area contributed by atoms with Crippen LogP contribution >= 0.6 is 0 Å². The Morgan fingerprint density at radius 1 is 0.962 bits per heavy atom. The smallest absolute Gasteiger partial charge is 0.251 e. The summed E-state index contributed by atoms with van der Waals surface area (Å²) in [4.78, 5) is 26.2. The van der Waals surface area contributed by atoms with Crippen LogP contribution in [0.1, 0.15) is 34.1 Å². The van der Waals surface area contributed by atoms with Gasteiger partial charge in [-0.1, -0.05) is 0 Å². The van der Waals surface area contributed by atoms with Crippen molar-refractivity contribution in [3.63, 3.8) is 0 Å². The fraction of sp³-hybridized carbons (Fsp3) is 0.333. The molecule has 26 heavy (non-hydrogen) atoms. The predicted octanol–water partition coefficient (Wildman–Crippen LogP) is 3.12. The second kappa shape index (κ2) is 6.92. The van der Waals surface area contributed by atoms with Crippen LogP contribution in [0, 0.1) is 5.92 Å². The van der Waals surface area contributed by atoms with Gasteiger partial charge in [0.2, 0.25) is 0 Å². The van der Waals surface area contributed by atoms with Gasteiger partial charge in [0.1, 0.15) is 11.5 Å². The van der Waals surface area contributed by atoms with E-state index in [0.29, 0.717) is 28.5 Å². The molecule has 134 valence electrons. The van der Waals surface area contributed by atoms with E-state index >= 15 is 0 Å². The molecular weight excluding hydrogens is 328 g/mol. The Morgan fingerprint density at radius 2 is 1.58 bits per heavy atom. The van der Waals surface area contributed by atoms with Crippen LogP contribution in [0.4, 0.5) is 0 Å². The number of ketones is 1. The summed E-state index contributed by atoms with van der Waals surface area (Å²) < 4.78 is 5.77. The summed E-state index contributed by atoms with van der Waals surface area (Å²) in [6.45, 7) is 4.78. The zero-order valence-electron chi connectivity index (χ0n) is 14.8. The standard InChI is InChI=1S/C21H22N2O3/c1-14(24)15-2-6-18(7-3-15)26-19-8-4-16(5-9-19)21(25)22-20-13-23-11-10-17(20)12-23/h2-9,17,20H,10-13H2,1H3,(H,22,25). The van der Waals surface area contributed by atoms with Crippen LogP contribution in [0.25, 0.3) is 0 Å². The Kier molecular flexibility index (Phi) is 4.47.